The van der Waals surface area contributed by atoms with Gasteiger partial charge in [-0.1, -0.05) is 11.8 Å². The summed E-state index contributed by atoms with van der Waals surface area (Å²) in [4.78, 5) is 11.1. The van der Waals surface area contributed by atoms with Gasteiger partial charge in [0.25, 0.3) is 5.67 Å². The highest BCUT2D eigenvalue weighted by Crippen LogP contribution is 2.15. The highest BCUT2D eigenvalue weighted by molar-refractivity contribution is 5.82. The summed E-state index contributed by atoms with van der Waals surface area (Å²) < 4.78 is 18.1. The molecule has 14 heavy (non-hydrogen) atoms. The molecule has 1 unspecified atom stereocenters. The Labute approximate surface area is 84.8 Å². The molecular formula is C11H17FO2. The summed E-state index contributed by atoms with van der Waals surface area (Å²) >= 11 is 0. The zero-order valence-electron chi connectivity index (χ0n) is 9.40. The van der Waals surface area contributed by atoms with Gasteiger partial charge in [-0.25, -0.2) is 9.18 Å². The second-order valence-electron chi connectivity index (χ2n) is 4.22. The molecule has 80 valence electrons. The Kier molecular flexibility index (Phi) is 4.12. The van der Waals surface area contributed by atoms with Crippen LogP contribution in [0.4, 0.5) is 4.39 Å². The normalized spacial score (nSPS) is 15.0. The summed E-state index contributed by atoms with van der Waals surface area (Å²) in [5, 5.41) is 0. The molecule has 0 radical (unpaired) electrons. The minimum atomic E-state index is -2.21. The second-order valence-corrected chi connectivity index (χ2v) is 4.22. The number of halogens is 1. The largest absolute Gasteiger partial charge is 0.463 e. The molecule has 0 aliphatic heterocycles. The molecule has 0 heterocycles. The monoisotopic (exact) mass is 200 g/mol. The molecule has 0 aliphatic rings. The van der Waals surface area contributed by atoms with E-state index in [2.05, 4.69) is 16.6 Å². The third kappa shape index (κ3) is 4.86. The highest BCUT2D eigenvalue weighted by Gasteiger charge is 2.32. The second kappa shape index (κ2) is 4.45. The highest BCUT2D eigenvalue weighted by atomic mass is 19.1. The minimum Gasteiger partial charge on any atom is -0.463 e. The van der Waals surface area contributed by atoms with Gasteiger partial charge in [-0.05, 0) is 34.6 Å². The van der Waals surface area contributed by atoms with Gasteiger partial charge in [-0.15, -0.1) is 0 Å². The van der Waals surface area contributed by atoms with Crippen LogP contribution in [-0.2, 0) is 9.53 Å². The van der Waals surface area contributed by atoms with E-state index in [1.807, 2.05) is 20.8 Å². The molecule has 2 nitrogen and oxygen atoms in total. The standard InChI is InChI=1S/C11H17FO2/c1-6-14-9(13)11(5,12)8-7-10(2,3)4/h6H2,1-5H3. The zero-order valence-corrected chi connectivity index (χ0v) is 9.40. The van der Waals surface area contributed by atoms with E-state index in [4.69, 9.17) is 0 Å². The molecule has 0 rings (SSSR count). The molecule has 0 fully saturated rings. The van der Waals surface area contributed by atoms with Gasteiger partial charge in [0.15, 0.2) is 0 Å². The Morgan fingerprint density at radius 1 is 1.29 bits per heavy atom. The third-order valence-corrected chi connectivity index (χ3v) is 1.33. The van der Waals surface area contributed by atoms with E-state index in [-0.39, 0.29) is 12.0 Å². The van der Waals surface area contributed by atoms with Crippen LogP contribution in [0.15, 0.2) is 0 Å². The number of hydrogen-bond donors (Lipinski definition) is 0. The Hall–Kier alpha value is -1.04. The summed E-state index contributed by atoms with van der Waals surface area (Å²) in [6, 6.07) is 0. The van der Waals surface area contributed by atoms with Crippen LogP contribution in [0.3, 0.4) is 0 Å². The lowest BCUT2D eigenvalue weighted by Gasteiger charge is -2.13. The average Bonchev–Trinajstić information content (AvgIpc) is 2.00. The summed E-state index contributed by atoms with van der Waals surface area (Å²) in [5.74, 6) is 4.05. The molecule has 1 atom stereocenters. The smallest absolute Gasteiger partial charge is 0.356 e. The van der Waals surface area contributed by atoms with Gasteiger partial charge < -0.3 is 4.74 Å². The quantitative estimate of drug-likeness (QED) is 0.505. The van der Waals surface area contributed by atoms with Crippen LogP contribution in [0, 0.1) is 17.3 Å². The van der Waals surface area contributed by atoms with Crippen molar-refractivity contribution in [3.8, 4) is 11.8 Å². The van der Waals surface area contributed by atoms with Crippen LogP contribution in [0.5, 0.6) is 0 Å². The van der Waals surface area contributed by atoms with Gasteiger partial charge in [0, 0.05) is 5.41 Å². The van der Waals surface area contributed by atoms with Gasteiger partial charge in [-0.2, -0.15) is 0 Å². The van der Waals surface area contributed by atoms with Crippen molar-refractivity contribution in [2.24, 2.45) is 5.41 Å². The molecule has 0 spiro atoms. The van der Waals surface area contributed by atoms with Crippen LogP contribution in [0.1, 0.15) is 34.6 Å². The number of carbonyl (C=O) groups is 1. The maximum Gasteiger partial charge on any atom is 0.356 e. The molecule has 3 heteroatoms. The lowest BCUT2D eigenvalue weighted by molar-refractivity contribution is -0.152. The molecule has 0 amide bonds. The topological polar surface area (TPSA) is 26.3 Å². The summed E-state index contributed by atoms with van der Waals surface area (Å²) in [6.45, 7) is 8.45. The fraction of sp³-hybridized carbons (Fsp3) is 0.727. The lowest BCUT2D eigenvalue weighted by atomic mass is 9.96. The first-order valence-electron chi connectivity index (χ1n) is 4.59. The van der Waals surface area contributed by atoms with Crippen molar-refractivity contribution in [3.05, 3.63) is 0 Å². The summed E-state index contributed by atoms with van der Waals surface area (Å²) in [5.41, 5.74) is -2.52. The SMILES string of the molecule is CCOC(=O)C(C)(F)C#CC(C)(C)C. The van der Waals surface area contributed by atoms with Crippen molar-refractivity contribution in [3.63, 3.8) is 0 Å². The van der Waals surface area contributed by atoms with Crippen molar-refractivity contribution < 1.29 is 13.9 Å². The molecule has 0 N–H and O–H groups in total. The number of esters is 1. The Morgan fingerprint density at radius 2 is 1.79 bits per heavy atom. The first kappa shape index (κ1) is 13.0. The summed E-state index contributed by atoms with van der Waals surface area (Å²) in [6.07, 6.45) is 0. The van der Waals surface area contributed by atoms with Crippen LogP contribution < -0.4 is 0 Å². The van der Waals surface area contributed by atoms with Gasteiger partial charge in [0.1, 0.15) is 0 Å². The van der Waals surface area contributed by atoms with E-state index in [9.17, 15) is 9.18 Å². The number of carbonyl (C=O) groups excluding carboxylic acids is 1. The van der Waals surface area contributed by atoms with Crippen LogP contribution in [-0.4, -0.2) is 18.2 Å². The van der Waals surface area contributed by atoms with Crippen molar-refractivity contribution in [2.45, 2.75) is 40.3 Å². The maximum absolute atomic E-state index is 13.6. The Balaban J connectivity index is 4.61. The van der Waals surface area contributed by atoms with Crippen molar-refractivity contribution in [1.29, 1.82) is 0 Å². The fourth-order valence-corrected chi connectivity index (χ4v) is 0.623. The molecule has 0 saturated heterocycles. The van der Waals surface area contributed by atoms with Crippen LogP contribution in [0.25, 0.3) is 0 Å². The Bertz CT molecular complexity index is 263. The van der Waals surface area contributed by atoms with Crippen molar-refractivity contribution >= 4 is 5.97 Å². The molecular weight excluding hydrogens is 183 g/mol. The summed E-state index contributed by atoms with van der Waals surface area (Å²) in [7, 11) is 0. The number of alkyl halides is 1. The van der Waals surface area contributed by atoms with Gasteiger partial charge in [-0.3, -0.25) is 0 Å². The maximum atomic E-state index is 13.6. The number of rotatable bonds is 2. The van der Waals surface area contributed by atoms with E-state index in [1.54, 1.807) is 6.92 Å². The first-order valence-corrected chi connectivity index (χ1v) is 4.59. The van der Waals surface area contributed by atoms with Gasteiger partial charge in [0.05, 0.1) is 6.61 Å². The number of hydrogen-bond acceptors (Lipinski definition) is 2. The molecule has 0 aromatic heterocycles. The number of ether oxygens (including phenoxy) is 1. The zero-order chi connectivity index (χ0) is 11.4. The predicted molar refractivity (Wildman–Crippen MR) is 53.4 cm³/mol. The molecule has 0 aromatic rings. The van der Waals surface area contributed by atoms with Crippen LogP contribution in [0.2, 0.25) is 0 Å². The molecule has 0 aromatic carbocycles. The molecule has 0 bridgehead atoms. The van der Waals surface area contributed by atoms with Crippen LogP contribution >= 0.6 is 0 Å². The van der Waals surface area contributed by atoms with E-state index in [1.165, 1.54) is 0 Å². The first-order chi connectivity index (χ1) is 6.19. The van der Waals surface area contributed by atoms with E-state index >= 15 is 0 Å². The van der Waals surface area contributed by atoms with E-state index in [0.717, 1.165) is 6.92 Å². The molecule has 0 saturated carbocycles. The van der Waals surface area contributed by atoms with Gasteiger partial charge >= 0.3 is 5.97 Å². The third-order valence-electron chi connectivity index (χ3n) is 1.33. The van der Waals surface area contributed by atoms with Gasteiger partial charge in [0.2, 0.25) is 0 Å². The minimum absolute atomic E-state index is 0.162. The fourth-order valence-electron chi connectivity index (χ4n) is 0.623. The Morgan fingerprint density at radius 3 is 2.14 bits per heavy atom. The average molecular weight is 200 g/mol. The van der Waals surface area contributed by atoms with E-state index in [0.29, 0.717) is 0 Å². The van der Waals surface area contributed by atoms with Crippen molar-refractivity contribution in [1.82, 2.24) is 0 Å². The predicted octanol–water partition coefficient (Wildman–Crippen LogP) is 2.33. The molecule has 0 aliphatic carbocycles. The van der Waals surface area contributed by atoms with E-state index < -0.39 is 11.6 Å². The lowest BCUT2D eigenvalue weighted by Crippen LogP contribution is -2.30. The van der Waals surface area contributed by atoms with Crippen molar-refractivity contribution in [2.75, 3.05) is 6.61 Å².